The second-order valence-electron chi connectivity index (χ2n) is 6.17. The minimum Gasteiger partial charge on any atom is -0.376 e. The summed E-state index contributed by atoms with van der Waals surface area (Å²) in [6, 6.07) is 11.6. The molecule has 0 aliphatic carbocycles. The summed E-state index contributed by atoms with van der Waals surface area (Å²) >= 11 is 0. The van der Waals surface area contributed by atoms with E-state index in [0.717, 1.165) is 30.7 Å². The number of anilines is 1. The standard InChI is InChI=1S/C19H23N3O2/c1-15-4-6-17(7-5-15)21-19(23)22(14-18-3-2-12-24-18)13-16-8-10-20-11-9-16/h4-11,18H,2-3,12-14H2,1H3,(H,21,23)/t18-/m0/s1. The fourth-order valence-corrected chi connectivity index (χ4v) is 2.80. The molecule has 1 aliphatic rings. The summed E-state index contributed by atoms with van der Waals surface area (Å²) in [5, 5.41) is 2.98. The van der Waals surface area contributed by atoms with Crippen LogP contribution in [0.5, 0.6) is 0 Å². The average Bonchev–Trinajstić information content (AvgIpc) is 3.10. The number of nitrogens with zero attached hydrogens (tertiary/aromatic N) is 2. The fourth-order valence-electron chi connectivity index (χ4n) is 2.80. The van der Waals surface area contributed by atoms with Crippen LogP contribution in [0.1, 0.15) is 24.0 Å². The lowest BCUT2D eigenvalue weighted by atomic mass is 10.2. The van der Waals surface area contributed by atoms with Crippen molar-refractivity contribution in [1.82, 2.24) is 9.88 Å². The summed E-state index contributed by atoms with van der Waals surface area (Å²) in [7, 11) is 0. The molecule has 0 bridgehead atoms. The van der Waals surface area contributed by atoms with Gasteiger partial charge in [0.2, 0.25) is 0 Å². The monoisotopic (exact) mass is 325 g/mol. The smallest absolute Gasteiger partial charge is 0.322 e. The molecule has 1 N–H and O–H groups in total. The second-order valence-corrected chi connectivity index (χ2v) is 6.17. The first-order valence-electron chi connectivity index (χ1n) is 8.34. The van der Waals surface area contributed by atoms with Crippen LogP contribution in [0.2, 0.25) is 0 Å². The first-order valence-corrected chi connectivity index (χ1v) is 8.34. The lowest BCUT2D eigenvalue weighted by molar-refractivity contribution is 0.0819. The maximum atomic E-state index is 12.7. The number of hydrogen-bond acceptors (Lipinski definition) is 3. The van der Waals surface area contributed by atoms with Crippen LogP contribution >= 0.6 is 0 Å². The van der Waals surface area contributed by atoms with Gasteiger partial charge in [-0.25, -0.2) is 4.79 Å². The Morgan fingerprint density at radius 3 is 2.67 bits per heavy atom. The third kappa shape index (κ3) is 4.55. The molecule has 0 unspecified atom stereocenters. The Labute approximate surface area is 142 Å². The predicted octanol–water partition coefficient (Wildman–Crippen LogP) is 3.60. The van der Waals surface area contributed by atoms with Gasteiger partial charge in [-0.2, -0.15) is 0 Å². The molecule has 0 saturated carbocycles. The highest BCUT2D eigenvalue weighted by Crippen LogP contribution is 2.17. The van der Waals surface area contributed by atoms with Crippen molar-refractivity contribution in [1.29, 1.82) is 0 Å². The molecule has 126 valence electrons. The molecular formula is C19H23N3O2. The third-order valence-corrected chi connectivity index (χ3v) is 4.16. The molecule has 2 amide bonds. The van der Waals surface area contributed by atoms with Gasteiger partial charge in [0, 0.05) is 37.8 Å². The largest absolute Gasteiger partial charge is 0.376 e. The van der Waals surface area contributed by atoms with Gasteiger partial charge in [0.25, 0.3) is 0 Å². The van der Waals surface area contributed by atoms with Crippen LogP contribution in [-0.4, -0.2) is 35.2 Å². The molecule has 3 rings (SSSR count). The van der Waals surface area contributed by atoms with Crippen LogP contribution in [0.15, 0.2) is 48.8 Å². The number of nitrogens with one attached hydrogen (secondary N) is 1. The molecular weight excluding hydrogens is 302 g/mol. The number of rotatable bonds is 5. The van der Waals surface area contributed by atoms with E-state index in [1.54, 1.807) is 12.4 Å². The average molecular weight is 325 g/mol. The Morgan fingerprint density at radius 1 is 1.25 bits per heavy atom. The summed E-state index contributed by atoms with van der Waals surface area (Å²) in [6.07, 6.45) is 5.68. The van der Waals surface area contributed by atoms with Crippen LogP contribution in [0.4, 0.5) is 10.5 Å². The zero-order valence-electron chi connectivity index (χ0n) is 13.9. The van der Waals surface area contributed by atoms with E-state index in [2.05, 4.69) is 10.3 Å². The Balaban J connectivity index is 1.69. The summed E-state index contributed by atoms with van der Waals surface area (Å²) in [4.78, 5) is 18.6. The predicted molar refractivity (Wildman–Crippen MR) is 93.8 cm³/mol. The number of carbonyl (C=O) groups excluding carboxylic acids is 1. The number of amides is 2. The quantitative estimate of drug-likeness (QED) is 0.914. The van der Waals surface area contributed by atoms with Crippen molar-refractivity contribution in [2.24, 2.45) is 0 Å². The molecule has 5 heteroatoms. The summed E-state index contributed by atoms with van der Waals surface area (Å²) < 4.78 is 5.70. The highest BCUT2D eigenvalue weighted by Gasteiger charge is 2.23. The normalized spacial score (nSPS) is 16.8. The van der Waals surface area contributed by atoms with Crippen LogP contribution in [0.25, 0.3) is 0 Å². The number of aryl methyl sites for hydroxylation is 1. The molecule has 1 aliphatic heterocycles. The van der Waals surface area contributed by atoms with Crippen LogP contribution < -0.4 is 5.32 Å². The van der Waals surface area contributed by atoms with Crippen molar-refractivity contribution in [2.75, 3.05) is 18.5 Å². The first kappa shape index (κ1) is 16.5. The van der Waals surface area contributed by atoms with E-state index >= 15 is 0 Å². The molecule has 24 heavy (non-hydrogen) atoms. The van der Waals surface area contributed by atoms with E-state index in [9.17, 15) is 4.79 Å². The van der Waals surface area contributed by atoms with E-state index in [4.69, 9.17) is 4.74 Å². The van der Waals surface area contributed by atoms with Crippen molar-refractivity contribution in [3.05, 3.63) is 59.9 Å². The zero-order chi connectivity index (χ0) is 16.8. The number of aromatic nitrogens is 1. The highest BCUT2D eigenvalue weighted by molar-refractivity contribution is 5.89. The number of pyridine rings is 1. The van der Waals surface area contributed by atoms with Crippen molar-refractivity contribution >= 4 is 11.7 Å². The highest BCUT2D eigenvalue weighted by atomic mass is 16.5. The maximum Gasteiger partial charge on any atom is 0.322 e. The lowest BCUT2D eigenvalue weighted by Gasteiger charge is -2.26. The van der Waals surface area contributed by atoms with E-state index in [-0.39, 0.29) is 12.1 Å². The third-order valence-electron chi connectivity index (χ3n) is 4.16. The molecule has 0 spiro atoms. The molecule has 0 radical (unpaired) electrons. The summed E-state index contributed by atoms with van der Waals surface area (Å²) in [5.74, 6) is 0. The minimum absolute atomic E-state index is 0.105. The van der Waals surface area contributed by atoms with Crippen LogP contribution in [0, 0.1) is 6.92 Å². The molecule has 2 heterocycles. The minimum atomic E-state index is -0.105. The molecule has 1 aromatic carbocycles. The molecule has 2 aromatic rings. The fraction of sp³-hybridized carbons (Fsp3) is 0.368. The zero-order valence-corrected chi connectivity index (χ0v) is 13.9. The van der Waals surface area contributed by atoms with Crippen LogP contribution in [0.3, 0.4) is 0 Å². The van der Waals surface area contributed by atoms with Gasteiger partial charge in [-0.05, 0) is 49.6 Å². The Bertz CT molecular complexity index is 652. The van der Waals surface area contributed by atoms with E-state index in [0.29, 0.717) is 13.1 Å². The topological polar surface area (TPSA) is 54.5 Å². The SMILES string of the molecule is Cc1ccc(NC(=O)N(Cc2ccncc2)C[C@@H]2CCCO2)cc1. The number of ether oxygens (including phenoxy) is 1. The first-order chi connectivity index (χ1) is 11.7. The van der Waals surface area contributed by atoms with Gasteiger partial charge in [0.15, 0.2) is 0 Å². The van der Waals surface area contributed by atoms with Gasteiger partial charge in [-0.3, -0.25) is 4.98 Å². The van der Waals surface area contributed by atoms with Gasteiger partial charge in [0.1, 0.15) is 0 Å². The number of carbonyl (C=O) groups is 1. The molecule has 5 nitrogen and oxygen atoms in total. The number of hydrogen-bond donors (Lipinski definition) is 1. The van der Waals surface area contributed by atoms with E-state index < -0.39 is 0 Å². The van der Waals surface area contributed by atoms with Gasteiger partial charge >= 0.3 is 6.03 Å². The van der Waals surface area contributed by atoms with Gasteiger partial charge in [-0.15, -0.1) is 0 Å². The number of urea groups is 1. The van der Waals surface area contributed by atoms with Gasteiger partial charge < -0.3 is 15.0 Å². The van der Waals surface area contributed by atoms with Crippen LogP contribution in [-0.2, 0) is 11.3 Å². The van der Waals surface area contributed by atoms with Crippen molar-refractivity contribution in [3.63, 3.8) is 0 Å². The Morgan fingerprint density at radius 2 is 2.00 bits per heavy atom. The maximum absolute atomic E-state index is 12.7. The van der Waals surface area contributed by atoms with Crippen molar-refractivity contribution < 1.29 is 9.53 Å². The summed E-state index contributed by atoms with van der Waals surface area (Å²) in [5.41, 5.74) is 3.03. The molecule has 1 aromatic heterocycles. The summed E-state index contributed by atoms with van der Waals surface area (Å²) in [6.45, 7) is 3.95. The van der Waals surface area contributed by atoms with Crippen molar-refractivity contribution in [2.45, 2.75) is 32.4 Å². The van der Waals surface area contributed by atoms with Crippen molar-refractivity contribution in [3.8, 4) is 0 Å². The van der Waals surface area contributed by atoms with Gasteiger partial charge in [-0.1, -0.05) is 17.7 Å². The Hall–Kier alpha value is -2.40. The molecule has 1 atom stereocenters. The second kappa shape index (κ2) is 7.93. The lowest BCUT2D eigenvalue weighted by Crippen LogP contribution is -2.39. The Kier molecular flexibility index (Phi) is 5.43. The number of benzene rings is 1. The van der Waals surface area contributed by atoms with Gasteiger partial charge in [0.05, 0.1) is 6.10 Å². The molecule has 1 fully saturated rings. The van der Waals surface area contributed by atoms with E-state index in [1.165, 1.54) is 5.56 Å². The molecule has 1 saturated heterocycles. The van der Waals surface area contributed by atoms with E-state index in [1.807, 2.05) is 48.2 Å².